The Kier molecular flexibility index (Phi) is 4.58. The van der Waals surface area contributed by atoms with Crippen molar-refractivity contribution in [2.24, 2.45) is 5.92 Å². The van der Waals surface area contributed by atoms with Gasteiger partial charge in [-0.05, 0) is 24.1 Å². The molecule has 19 heavy (non-hydrogen) atoms. The first kappa shape index (κ1) is 14.1. The number of carbonyl (C=O) groups excluding carboxylic acids is 2. The van der Waals surface area contributed by atoms with Crippen molar-refractivity contribution in [3.63, 3.8) is 0 Å². The summed E-state index contributed by atoms with van der Waals surface area (Å²) in [5, 5.41) is 0. The molecule has 2 rings (SSSR count). The van der Waals surface area contributed by atoms with Crippen LogP contribution in [0, 0.1) is 5.92 Å². The van der Waals surface area contributed by atoms with Crippen LogP contribution in [0.5, 0.6) is 5.75 Å². The van der Waals surface area contributed by atoms with Crippen LogP contribution < -0.4 is 4.74 Å². The van der Waals surface area contributed by atoms with Crippen molar-refractivity contribution >= 4 is 27.7 Å². The average Bonchev–Trinajstić information content (AvgIpc) is 2.32. The third-order valence-corrected chi connectivity index (χ3v) is 3.52. The normalized spacial score (nSPS) is 16.8. The maximum atomic E-state index is 11.8. The van der Waals surface area contributed by atoms with E-state index in [0.717, 1.165) is 10.2 Å². The molecule has 0 aliphatic carbocycles. The number of benzene rings is 1. The Morgan fingerprint density at radius 1 is 1.32 bits per heavy atom. The first-order chi connectivity index (χ1) is 9.06. The first-order valence-electron chi connectivity index (χ1n) is 6.28. The minimum atomic E-state index is -0.0957. The van der Waals surface area contributed by atoms with Gasteiger partial charge in [-0.1, -0.05) is 28.9 Å². The highest BCUT2D eigenvalue weighted by Gasteiger charge is 2.29. The van der Waals surface area contributed by atoms with E-state index in [1.54, 1.807) is 0 Å². The zero-order chi connectivity index (χ0) is 13.8. The second-order valence-corrected chi connectivity index (χ2v) is 5.67. The number of hydrogen-bond donors (Lipinski definition) is 0. The maximum absolute atomic E-state index is 11.8. The molecular weight excluding hydrogens is 310 g/mol. The zero-order valence-electron chi connectivity index (χ0n) is 10.8. The number of ether oxygens (including phenoxy) is 1. The summed E-state index contributed by atoms with van der Waals surface area (Å²) < 4.78 is 6.47. The van der Waals surface area contributed by atoms with E-state index in [1.807, 2.05) is 31.2 Å². The Labute approximate surface area is 120 Å². The van der Waals surface area contributed by atoms with E-state index in [2.05, 4.69) is 15.9 Å². The Morgan fingerprint density at radius 2 is 2.00 bits per heavy atom. The summed E-state index contributed by atoms with van der Waals surface area (Å²) in [6.07, 6.45) is 0.894. The summed E-state index contributed by atoms with van der Waals surface area (Å²) in [6, 6.07) is 7.47. The number of likely N-dealkylation sites (tertiary alicyclic amines) is 1. The smallest absolute Gasteiger partial charge is 0.229 e. The van der Waals surface area contributed by atoms with E-state index in [1.165, 1.54) is 4.90 Å². The number of rotatable bonds is 4. The van der Waals surface area contributed by atoms with Crippen molar-refractivity contribution in [3.05, 3.63) is 28.7 Å². The van der Waals surface area contributed by atoms with Gasteiger partial charge in [-0.15, -0.1) is 0 Å². The van der Waals surface area contributed by atoms with Gasteiger partial charge >= 0.3 is 0 Å². The molecule has 0 bridgehead atoms. The fourth-order valence-electron chi connectivity index (χ4n) is 2.09. The minimum Gasteiger partial charge on any atom is -0.492 e. The highest BCUT2D eigenvalue weighted by atomic mass is 79.9. The van der Waals surface area contributed by atoms with Crippen LogP contribution in [-0.2, 0) is 9.59 Å². The molecule has 0 spiro atoms. The molecule has 1 heterocycles. The molecular formula is C14H16BrNO3. The SMILES string of the molecule is CC1CC(=O)N(CCOc2cccc(Br)c2)C(=O)C1. The number of nitrogens with zero attached hydrogens (tertiary/aromatic N) is 1. The molecule has 0 radical (unpaired) electrons. The van der Waals surface area contributed by atoms with Gasteiger partial charge in [-0.2, -0.15) is 0 Å². The molecule has 2 amide bonds. The summed E-state index contributed by atoms with van der Waals surface area (Å²) >= 11 is 3.36. The lowest BCUT2D eigenvalue weighted by atomic mass is 9.98. The third kappa shape index (κ3) is 3.80. The fourth-order valence-corrected chi connectivity index (χ4v) is 2.47. The summed E-state index contributed by atoms with van der Waals surface area (Å²) in [5.74, 6) is 0.685. The van der Waals surface area contributed by atoms with Gasteiger partial charge < -0.3 is 4.74 Å². The molecule has 1 saturated heterocycles. The molecule has 1 aliphatic rings. The molecule has 4 nitrogen and oxygen atoms in total. The molecule has 0 unspecified atom stereocenters. The Hall–Kier alpha value is -1.36. The van der Waals surface area contributed by atoms with Crippen molar-refractivity contribution in [1.29, 1.82) is 0 Å². The lowest BCUT2D eigenvalue weighted by Gasteiger charge is -2.28. The van der Waals surface area contributed by atoms with Crippen LogP contribution in [0.3, 0.4) is 0 Å². The number of halogens is 1. The van der Waals surface area contributed by atoms with Crippen LogP contribution in [-0.4, -0.2) is 29.9 Å². The van der Waals surface area contributed by atoms with Crippen LogP contribution in [0.25, 0.3) is 0 Å². The van der Waals surface area contributed by atoms with Gasteiger partial charge in [0.2, 0.25) is 11.8 Å². The topological polar surface area (TPSA) is 46.6 Å². The van der Waals surface area contributed by atoms with Gasteiger partial charge in [-0.3, -0.25) is 14.5 Å². The average molecular weight is 326 g/mol. The predicted octanol–water partition coefficient (Wildman–Crippen LogP) is 2.61. The van der Waals surface area contributed by atoms with Gasteiger partial charge in [0.25, 0.3) is 0 Å². The lowest BCUT2D eigenvalue weighted by molar-refractivity contribution is -0.150. The molecule has 0 atom stereocenters. The minimum absolute atomic E-state index is 0.0957. The van der Waals surface area contributed by atoms with Gasteiger partial charge in [0, 0.05) is 17.3 Å². The number of amides is 2. The molecule has 0 aromatic heterocycles. The molecule has 102 valence electrons. The molecule has 1 aromatic carbocycles. The number of hydrogen-bond acceptors (Lipinski definition) is 3. The molecule has 1 aliphatic heterocycles. The summed E-state index contributed by atoms with van der Waals surface area (Å²) in [6.45, 7) is 2.56. The van der Waals surface area contributed by atoms with E-state index >= 15 is 0 Å². The lowest BCUT2D eigenvalue weighted by Crippen LogP contribution is -2.44. The van der Waals surface area contributed by atoms with Crippen LogP contribution in [0.2, 0.25) is 0 Å². The van der Waals surface area contributed by atoms with E-state index in [-0.39, 0.29) is 17.7 Å². The van der Waals surface area contributed by atoms with E-state index in [4.69, 9.17) is 4.74 Å². The van der Waals surface area contributed by atoms with Gasteiger partial charge in [-0.25, -0.2) is 0 Å². The molecule has 1 aromatic rings. The van der Waals surface area contributed by atoms with Gasteiger partial charge in [0.05, 0.1) is 6.54 Å². The molecule has 0 N–H and O–H groups in total. The quantitative estimate of drug-likeness (QED) is 0.799. The van der Waals surface area contributed by atoms with Crippen LogP contribution in [0.15, 0.2) is 28.7 Å². The third-order valence-electron chi connectivity index (χ3n) is 3.03. The Morgan fingerprint density at radius 3 is 2.63 bits per heavy atom. The monoisotopic (exact) mass is 325 g/mol. The maximum Gasteiger partial charge on any atom is 0.229 e. The second-order valence-electron chi connectivity index (χ2n) is 4.76. The Bertz CT molecular complexity index is 471. The van der Waals surface area contributed by atoms with Crippen molar-refractivity contribution in [2.45, 2.75) is 19.8 Å². The highest BCUT2D eigenvalue weighted by Crippen LogP contribution is 2.20. The van der Waals surface area contributed by atoms with E-state index in [9.17, 15) is 9.59 Å². The van der Waals surface area contributed by atoms with Gasteiger partial charge in [0.1, 0.15) is 12.4 Å². The summed E-state index contributed by atoms with van der Waals surface area (Å²) in [4.78, 5) is 24.8. The Balaban J connectivity index is 1.85. The van der Waals surface area contributed by atoms with Crippen molar-refractivity contribution in [2.75, 3.05) is 13.2 Å². The first-order valence-corrected chi connectivity index (χ1v) is 7.07. The van der Waals surface area contributed by atoms with Crippen LogP contribution in [0.4, 0.5) is 0 Å². The highest BCUT2D eigenvalue weighted by molar-refractivity contribution is 9.10. The van der Waals surface area contributed by atoms with Crippen molar-refractivity contribution in [3.8, 4) is 5.75 Å². The fraction of sp³-hybridized carbons (Fsp3) is 0.429. The molecule has 1 fully saturated rings. The van der Waals surface area contributed by atoms with Crippen molar-refractivity contribution < 1.29 is 14.3 Å². The number of imide groups is 1. The van der Waals surface area contributed by atoms with Crippen LogP contribution >= 0.6 is 15.9 Å². The predicted molar refractivity (Wildman–Crippen MR) is 74.8 cm³/mol. The molecule has 5 heteroatoms. The van der Waals surface area contributed by atoms with Gasteiger partial charge in [0.15, 0.2) is 0 Å². The van der Waals surface area contributed by atoms with E-state index in [0.29, 0.717) is 26.0 Å². The summed E-state index contributed by atoms with van der Waals surface area (Å²) in [5.41, 5.74) is 0. The second kappa shape index (κ2) is 6.19. The van der Waals surface area contributed by atoms with Crippen molar-refractivity contribution in [1.82, 2.24) is 4.90 Å². The van der Waals surface area contributed by atoms with E-state index < -0.39 is 0 Å². The molecule has 0 saturated carbocycles. The largest absolute Gasteiger partial charge is 0.492 e. The standard InChI is InChI=1S/C14H16BrNO3/c1-10-7-13(17)16(14(18)8-10)5-6-19-12-4-2-3-11(15)9-12/h2-4,9-10H,5-8H2,1H3. The summed E-state index contributed by atoms with van der Waals surface area (Å²) in [7, 11) is 0. The zero-order valence-corrected chi connectivity index (χ0v) is 12.4. The van der Waals surface area contributed by atoms with Crippen LogP contribution in [0.1, 0.15) is 19.8 Å². The number of carbonyl (C=O) groups is 2. The number of piperidine rings is 1.